The Kier molecular flexibility index (Phi) is 3.09. The molecule has 0 radical (unpaired) electrons. The van der Waals surface area contributed by atoms with E-state index in [-0.39, 0.29) is 24.6 Å². The van der Waals surface area contributed by atoms with Crippen LogP contribution in [0.25, 0.3) is 0 Å². The van der Waals surface area contributed by atoms with E-state index in [4.69, 9.17) is 14.2 Å². The van der Waals surface area contributed by atoms with Crippen LogP contribution in [0.4, 0.5) is 0 Å². The lowest BCUT2D eigenvalue weighted by molar-refractivity contribution is -0.154. The first-order chi connectivity index (χ1) is 8.83. The highest BCUT2D eigenvalue weighted by atomic mass is 16.6. The van der Waals surface area contributed by atoms with Gasteiger partial charge in [-0.25, -0.2) is 0 Å². The van der Waals surface area contributed by atoms with Crippen LogP contribution >= 0.6 is 0 Å². The van der Waals surface area contributed by atoms with E-state index in [1.807, 2.05) is 24.3 Å². The molecule has 4 nitrogen and oxygen atoms in total. The standard InChI is InChI=1S/C14H16O4/c15-14(10-4-3-5-10)17-9-11-8-16-12-6-1-2-7-13(12)18-11/h1-2,6-7,10-11H,3-5,8-9H2. The van der Waals surface area contributed by atoms with Gasteiger partial charge in [-0.05, 0) is 25.0 Å². The summed E-state index contributed by atoms with van der Waals surface area (Å²) in [6.45, 7) is 0.693. The fourth-order valence-electron chi connectivity index (χ4n) is 2.08. The summed E-state index contributed by atoms with van der Waals surface area (Å²) in [4.78, 5) is 11.6. The molecule has 0 bridgehead atoms. The number of para-hydroxylation sites is 2. The zero-order valence-electron chi connectivity index (χ0n) is 10.1. The first-order valence-corrected chi connectivity index (χ1v) is 6.38. The Labute approximate surface area is 106 Å². The number of ether oxygens (including phenoxy) is 3. The van der Waals surface area contributed by atoms with Gasteiger partial charge in [-0.15, -0.1) is 0 Å². The maximum atomic E-state index is 11.6. The van der Waals surface area contributed by atoms with Crippen molar-refractivity contribution in [2.45, 2.75) is 25.4 Å². The summed E-state index contributed by atoms with van der Waals surface area (Å²) in [7, 11) is 0. The largest absolute Gasteiger partial charge is 0.486 e. The average Bonchev–Trinajstić information content (AvgIpc) is 2.34. The van der Waals surface area contributed by atoms with E-state index < -0.39 is 0 Å². The van der Waals surface area contributed by atoms with Crippen molar-refractivity contribution in [3.05, 3.63) is 24.3 Å². The Morgan fingerprint density at radius 2 is 2.06 bits per heavy atom. The van der Waals surface area contributed by atoms with Gasteiger partial charge < -0.3 is 14.2 Å². The number of fused-ring (bicyclic) bond motifs is 1. The summed E-state index contributed by atoms with van der Waals surface area (Å²) >= 11 is 0. The fraction of sp³-hybridized carbons (Fsp3) is 0.500. The minimum Gasteiger partial charge on any atom is -0.486 e. The zero-order valence-corrected chi connectivity index (χ0v) is 10.1. The monoisotopic (exact) mass is 248 g/mol. The SMILES string of the molecule is O=C(OCC1COc2ccccc2O1)C1CCC1. The smallest absolute Gasteiger partial charge is 0.309 e. The quantitative estimate of drug-likeness (QED) is 0.769. The van der Waals surface area contributed by atoms with Gasteiger partial charge >= 0.3 is 5.97 Å². The summed E-state index contributed by atoms with van der Waals surface area (Å²) in [6.07, 6.45) is 2.85. The Morgan fingerprint density at radius 3 is 2.78 bits per heavy atom. The molecule has 1 heterocycles. The molecule has 1 aliphatic carbocycles. The highest BCUT2D eigenvalue weighted by Crippen LogP contribution is 2.31. The molecule has 4 heteroatoms. The van der Waals surface area contributed by atoms with E-state index in [0.717, 1.165) is 25.0 Å². The van der Waals surface area contributed by atoms with Crippen molar-refractivity contribution < 1.29 is 19.0 Å². The van der Waals surface area contributed by atoms with Crippen molar-refractivity contribution in [1.29, 1.82) is 0 Å². The first kappa shape index (κ1) is 11.4. The molecule has 0 saturated heterocycles. The lowest BCUT2D eigenvalue weighted by Gasteiger charge is -2.28. The van der Waals surface area contributed by atoms with Crippen LogP contribution in [0.2, 0.25) is 0 Å². The zero-order chi connectivity index (χ0) is 12.4. The second kappa shape index (κ2) is 4.88. The Morgan fingerprint density at radius 1 is 1.28 bits per heavy atom. The minimum atomic E-state index is -0.205. The Balaban J connectivity index is 1.51. The molecule has 1 aromatic rings. The van der Waals surface area contributed by atoms with Crippen molar-refractivity contribution in [1.82, 2.24) is 0 Å². The van der Waals surface area contributed by atoms with Crippen LogP contribution in [0.1, 0.15) is 19.3 Å². The van der Waals surface area contributed by atoms with Crippen LogP contribution in [-0.2, 0) is 9.53 Å². The third-order valence-electron chi connectivity index (χ3n) is 3.42. The second-order valence-electron chi connectivity index (χ2n) is 4.76. The Bertz CT molecular complexity index is 439. The van der Waals surface area contributed by atoms with Crippen LogP contribution < -0.4 is 9.47 Å². The van der Waals surface area contributed by atoms with Crippen LogP contribution in [0.5, 0.6) is 11.5 Å². The van der Waals surface area contributed by atoms with Gasteiger partial charge in [0.2, 0.25) is 0 Å². The molecule has 0 N–H and O–H groups in total. The number of carbonyl (C=O) groups excluding carboxylic acids is 1. The molecule has 96 valence electrons. The number of hydrogen-bond donors (Lipinski definition) is 0. The molecule has 1 saturated carbocycles. The third kappa shape index (κ3) is 2.28. The van der Waals surface area contributed by atoms with Crippen molar-refractivity contribution >= 4 is 5.97 Å². The van der Waals surface area contributed by atoms with E-state index in [1.54, 1.807) is 0 Å². The fourth-order valence-corrected chi connectivity index (χ4v) is 2.08. The molecule has 0 spiro atoms. The molecule has 1 unspecified atom stereocenters. The molecular weight excluding hydrogens is 232 g/mol. The summed E-state index contributed by atoms with van der Waals surface area (Å²) in [5, 5.41) is 0. The summed E-state index contributed by atoms with van der Waals surface area (Å²) < 4.78 is 16.5. The molecular formula is C14H16O4. The number of esters is 1. The van der Waals surface area contributed by atoms with Crippen molar-refractivity contribution in [3.8, 4) is 11.5 Å². The predicted octanol–water partition coefficient (Wildman–Crippen LogP) is 2.17. The third-order valence-corrected chi connectivity index (χ3v) is 3.42. The van der Waals surface area contributed by atoms with Gasteiger partial charge in [-0.2, -0.15) is 0 Å². The lowest BCUT2D eigenvalue weighted by atomic mass is 9.86. The van der Waals surface area contributed by atoms with Gasteiger partial charge in [0.15, 0.2) is 17.6 Å². The average molecular weight is 248 g/mol. The molecule has 18 heavy (non-hydrogen) atoms. The van der Waals surface area contributed by atoms with Crippen LogP contribution in [0.3, 0.4) is 0 Å². The molecule has 1 aliphatic heterocycles. The number of rotatable bonds is 3. The van der Waals surface area contributed by atoms with Gasteiger partial charge in [-0.1, -0.05) is 18.6 Å². The van der Waals surface area contributed by atoms with E-state index >= 15 is 0 Å². The maximum Gasteiger partial charge on any atom is 0.309 e. The van der Waals surface area contributed by atoms with E-state index in [0.29, 0.717) is 12.4 Å². The predicted molar refractivity (Wildman–Crippen MR) is 64.7 cm³/mol. The highest BCUT2D eigenvalue weighted by Gasteiger charge is 2.28. The number of benzene rings is 1. The minimum absolute atomic E-state index is 0.0938. The second-order valence-corrected chi connectivity index (χ2v) is 4.76. The molecule has 2 aliphatic rings. The molecule has 3 rings (SSSR count). The molecule has 1 atom stereocenters. The maximum absolute atomic E-state index is 11.6. The van der Waals surface area contributed by atoms with Crippen LogP contribution in [0.15, 0.2) is 24.3 Å². The van der Waals surface area contributed by atoms with Gasteiger partial charge in [0.1, 0.15) is 13.2 Å². The molecule has 1 aromatic carbocycles. The van der Waals surface area contributed by atoms with Crippen molar-refractivity contribution in [2.75, 3.05) is 13.2 Å². The topological polar surface area (TPSA) is 44.8 Å². The van der Waals surface area contributed by atoms with Crippen molar-refractivity contribution in [2.24, 2.45) is 5.92 Å². The van der Waals surface area contributed by atoms with Crippen LogP contribution in [0, 0.1) is 5.92 Å². The van der Waals surface area contributed by atoms with Gasteiger partial charge in [0, 0.05) is 0 Å². The van der Waals surface area contributed by atoms with Gasteiger partial charge in [0.05, 0.1) is 5.92 Å². The normalized spacial score (nSPS) is 22.1. The summed E-state index contributed by atoms with van der Waals surface area (Å²) in [6, 6.07) is 7.52. The van der Waals surface area contributed by atoms with E-state index in [2.05, 4.69) is 0 Å². The number of hydrogen-bond acceptors (Lipinski definition) is 4. The van der Waals surface area contributed by atoms with Gasteiger partial charge in [0.25, 0.3) is 0 Å². The highest BCUT2D eigenvalue weighted by molar-refractivity contribution is 5.73. The van der Waals surface area contributed by atoms with Crippen LogP contribution in [-0.4, -0.2) is 25.3 Å². The molecule has 1 fully saturated rings. The first-order valence-electron chi connectivity index (χ1n) is 6.38. The Hall–Kier alpha value is -1.71. The van der Waals surface area contributed by atoms with E-state index in [1.165, 1.54) is 0 Å². The molecule has 0 amide bonds. The lowest BCUT2D eigenvalue weighted by Crippen LogP contribution is -2.36. The summed E-state index contributed by atoms with van der Waals surface area (Å²) in [5.41, 5.74) is 0. The number of carbonyl (C=O) groups is 1. The van der Waals surface area contributed by atoms with Gasteiger partial charge in [-0.3, -0.25) is 4.79 Å². The summed E-state index contributed by atoms with van der Waals surface area (Å²) in [5.74, 6) is 1.48. The van der Waals surface area contributed by atoms with Crippen molar-refractivity contribution in [3.63, 3.8) is 0 Å². The van der Waals surface area contributed by atoms with E-state index in [9.17, 15) is 4.79 Å². The molecule has 0 aromatic heterocycles.